The molecule has 0 spiro atoms. The number of amides is 1. The standard InChI is InChI=1S/C19H22N2O3S/c20-17-9-5-11-21(13-17)19(22)16-8-4-10-18(12-16)25(23,24)14-15-6-2-1-3-7-15/h1-4,6-8,10,12,17H,5,9,11,13-14,20H2/t17-/m0/s1. The van der Waals surface area contributed by atoms with Crippen LogP contribution >= 0.6 is 0 Å². The molecule has 0 aliphatic carbocycles. The van der Waals surface area contributed by atoms with Gasteiger partial charge in [-0.15, -0.1) is 0 Å². The van der Waals surface area contributed by atoms with Gasteiger partial charge in [-0.1, -0.05) is 36.4 Å². The number of sulfone groups is 1. The quantitative estimate of drug-likeness (QED) is 0.909. The minimum absolute atomic E-state index is 0.0114. The van der Waals surface area contributed by atoms with E-state index in [0.29, 0.717) is 18.7 Å². The largest absolute Gasteiger partial charge is 0.337 e. The SMILES string of the molecule is N[C@H]1CCCN(C(=O)c2cccc(S(=O)(=O)Cc3ccccc3)c2)C1. The van der Waals surface area contributed by atoms with Gasteiger partial charge in [-0.2, -0.15) is 0 Å². The van der Waals surface area contributed by atoms with Crippen molar-refractivity contribution >= 4 is 15.7 Å². The number of benzene rings is 2. The maximum absolute atomic E-state index is 12.7. The van der Waals surface area contributed by atoms with Crippen molar-refractivity contribution in [3.8, 4) is 0 Å². The summed E-state index contributed by atoms with van der Waals surface area (Å²) >= 11 is 0. The molecular formula is C19H22N2O3S. The fourth-order valence-electron chi connectivity index (χ4n) is 3.08. The summed E-state index contributed by atoms with van der Waals surface area (Å²) < 4.78 is 25.3. The maximum Gasteiger partial charge on any atom is 0.253 e. The van der Waals surface area contributed by atoms with Crippen molar-refractivity contribution in [2.24, 2.45) is 5.73 Å². The predicted molar refractivity (Wildman–Crippen MR) is 96.9 cm³/mol. The van der Waals surface area contributed by atoms with E-state index in [0.717, 1.165) is 18.4 Å². The average molecular weight is 358 g/mol. The molecule has 0 unspecified atom stereocenters. The Labute approximate surface area is 148 Å². The minimum Gasteiger partial charge on any atom is -0.337 e. The second kappa shape index (κ2) is 7.37. The normalized spacial score (nSPS) is 18.1. The lowest BCUT2D eigenvalue weighted by Gasteiger charge is -2.30. The summed E-state index contributed by atoms with van der Waals surface area (Å²) in [7, 11) is -3.51. The molecule has 132 valence electrons. The van der Waals surface area contributed by atoms with Crippen molar-refractivity contribution in [2.75, 3.05) is 13.1 Å². The molecule has 3 rings (SSSR count). The van der Waals surface area contributed by atoms with Crippen LogP contribution in [0.4, 0.5) is 0 Å². The first-order valence-electron chi connectivity index (χ1n) is 8.37. The van der Waals surface area contributed by atoms with E-state index in [9.17, 15) is 13.2 Å². The molecule has 25 heavy (non-hydrogen) atoms. The summed E-state index contributed by atoms with van der Waals surface area (Å²) in [6.45, 7) is 1.17. The average Bonchev–Trinajstić information content (AvgIpc) is 2.62. The molecule has 2 aromatic rings. The zero-order valence-corrected chi connectivity index (χ0v) is 14.8. The van der Waals surface area contributed by atoms with Crippen LogP contribution < -0.4 is 5.73 Å². The van der Waals surface area contributed by atoms with E-state index in [1.54, 1.807) is 29.2 Å². The van der Waals surface area contributed by atoms with Gasteiger partial charge in [0.1, 0.15) is 0 Å². The molecule has 2 N–H and O–H groups in total. The fourth-order valence-corrected chi connectivity index (χ4v) is 4.47. The van der Waals surface area contributed by atoms with E-state index >= 15 is 0 Å². The van der Waals surface area contributed by atoms with E-state index in [-0.39, 0.29) is 22.6 Å². The zero-order valence-electron chi connectivity index (χ0n) is 14.0. The topological polar surface area (TPSA) is 80.5 Å². The third kappa shape index (κ3) is 4.27. The van der Waals surface area contributed by atoms with Gasteiger partial charge in [-0.3, -0.25) is 4.79 Å². The molecule has 1 aliphatic rings. The van der Waals surface area contributed by atoms with Crippen molar-refractivity contribution in [1.82, 2.24) is 4.90 Å². The molecule has 1 amide bonds. The summed E-state index contributed by atoms with van der Waals surface area (Å²) in [5.41, 5.74) is 7.05. The van der Waals surface area contributed by atoms with E-state index < -0.39 is 9.84 Å². The van der Waals surface area contributed by atoms with Crippen molar-refractivity contribution in [1.29, 1.82) is 0 Å². The van der Waals surface area contributed by atoms with Gasteiger partial charge in [0.2, 0.25) is 0 Å². The van der Waals surface area contributed by atoms with Gasteiger partial charge in [0.05, 0.1) is 10.6 Å². The van der Waals surface area contributed by atoms with Crippen LogP contribution in [-0.4, -0.2) is 38.4 Å². The maximum atomic E-state index is 12.7. The first kappa shape index (κ1) is 17.6. The lowest BCUT2D eigenvalue weighted by Crippen LogP contribution is -2.45. The Morgan fingerprint density at radius 2 is 1.88 bits per heavy atom. The second-order valence-electron chi connectivity index (χ2n) is 6.43. The Kier molecular flexibility index (Phi) is 5.20. The molecule has 1 saturated heterocycles. The van der Waals surface area contributed by atoms with Crippen LogP contribution in [0.5, 0.6) is 0 Å². The number of carbonyl (C=O) groups is 1. The van der Waals surface area contributed by atoms with Crippen LogP contribution in [-0.2, 0) is 15.6 Å². The third-order valence-electron chi connectivity index (χ3n) is 4.38. The summed E-state index contributed by atoms with van der Waals surface area (Å²) in [4.78, 5) is 14.5. The number of likely N-dealkylation sites (tertiary alicyclic amines) is 1. The molecule has 2 aromatic carbocycles. The summed E-state index contributed by atoms with van der Waals surface area (Å²) in [5, 5.41) is 0. The Morgan fingerprint density at radius 3 is 2.60 bits per heavy atom. The van der Waals surface area contributed by atoms with E-state index in [4.69, 9.17) is 5.73 Å². The molecule has 1 heterocycles. The smallest absolute Gasteiger partial charge is 0.253 e. The first-order chi connectivity index (χ1) is 12.0. The van der Waals surface area contributed by atoms with Gasteiger partial charge < -0.3 is 10.6 Å². The number of nitrogens with zero attached hydrogens (tertiary/aromatic N) is 1. The van der Waals surface area contributed by atoms with Gasteiger partial charge >= 0.3 is 0 Å². The summed E-state index contributed by atoms with van der Waals surface area (Å²) in [6.07, 6.45) is 1.79. The van der Waals surface area contributed by atoms with Crippen molar-refractivity contribution in [3.63, 3.8) is 0 Å². The monoisotopic (exact) mass is 358 g/mol. The van der Waals surface area contributed by atoms with Gasteiger partial charge in [0.15, 0.2) is 9.84 Å². The van der Waals surface area contributed by atoms with Crippen LogP contribution in [0.25, 0.3) is 0 Å². The lowest BCUT2D eigenvalue weighted by atomic mass is 10.1. The number of hydrogen-bond donors (Lipinski definition) is 1. The molecule has 1 aliphatic heterocycles. The zero-order chi connectivity index (χ0) is 17.9. The van der Waals surface area contributed by atoms with Gasteiger partial charge in [-0.05, 0) is 36.6 Å². The highest BCUT2D eigenvalue weighted by Gasteiger charge is 2.24. The van der Waals surface area contributed by atoms with E-state index in [1.807, 2.05) is 18.2 Å². The second-order valence-corrected chi connectivity index (χ2v) is 8.42. The molecule has 0 radical (unpaired) electrons. The van der Waals surface area contributed by atoms with E-state index in [2.05, 4.69) is 0 Å². The predicted octanol–water partition coefficient (Wildman–Crippen LogP) is 2.22. The molecule has 0 bridgehead atoms. The molecule has 5 nitrogen and oxygen atoms in total. The minimum atomic E-state index is -3.51. The number of nitrogens with two attached hydrogens (primary N) is 1. The summed E-state index contributed by atoms with van der Waals surface area (Å²) in [6, 6.07) is 15.3. The van der Waals surface area contributed by atoms with Crippen LogP contribution in [0, 0.1) is 0 Å². The van der Waals surface area contributed by atoms with Gasteiger partial charge in [-0.25, -0.2) is 8.42 Å². The van der Waals surface area contributed by atoms with Gasteiger partial charge in [0, 0.05) is 24.7 Å². The summed E-state index contributed by atoms with van der Waals surface area (Å²) in [5.74, 6) is -0.244. The Morgan fingerprint density at radius 1 is 1.12 bits per heavy atom. The van der Waals surface area contributed by atoms with Gasteiger partial charge in [0.25, 0.3) is 5.91 Å². The molecule has 0 saturated carbocycles. The molecule has 1 atom stereocenters. The lowest BCUT2D eigenvalue weighted by molar-refractivity contribution is 0.0708. The molecule has 0 aromatic heterocycles. The molecular weight excluding hydrogens is 336 g/mol. The van der Waals surface area contributed by atoms with Crippen molar-refractivity contribution < 1.29 is 13.2 Å². The Bertz CT molecular complexity index is 850. The number of rotatable bonds is 4. The number of hydrogen-bond acceptors (Lipinski definition) is 4. The fraction of sp³-hybridized carbons (Fsp3) is 0.316. The molecule has 1 fully saturated rings. The highest BCUT2D eigenvalue weighted by atomic mass is 32.2. The van der Waals surface area contributed by atoms with Crippen molar-refractivity contribution in [2.45, 2.75) is 29.5 Å². The van der Waals surface area contributed by atoms with Crippen LogP contribution in [0.2, 0.25) is 0 Å². The highest BCUT2D eigenvalue weighted by Crippen LogP contribution is 2.20. The number of piperidine rings is 1. The van der Waals surface area contributed by atoms with Crippen LogP contribution in [0.3, 0.4) is 0 Å². The van der Waals surface area contributed by atoms with E-state index in [1.165, 1.54) is 12.1 Å². The Balaban J connectivity index is 1.82. The first-order valence-corrected chi connectivity index (χ1v) is 10.0. The third-order valence-corrected chi connectivity index (χ3v) is 6.07. The van der Waals surface area contributed by atoms with Crippen LogP contribution in [0.1, 0.15) is 28.8 Å². The highest BCUT2D eigenvalue weighted by molar-refractivity contribution is 7.90. The Hall–Kier alpha value is -2.18. The van der Waals surface area contributed by atoms with Crippen molar-refractivity contribution in [3.05, 3.63) is 65.7 Å². The number of carbonyl (C=O) groups excluding carboxylic acids is 1. The van der Waals surface area contributed by atoms with Crippen LogP contribution in [0.15, 0.2) is 59.5 Å². The molecule has 6 heteroatoms.